The molecule has 2 aromatic carbocycles. The van der Waals surface area contributed by atoms with Crippen molar-refractivity contribution in [3.05, 3.63) is 99.2 Å². The second-order valence-corrected chi connectivity index (χ2v) is 22.6. The number of anilines is 1. The number of aliphatic hydroxyl groups excluding tert-OH is 1. The molecule has 440 valence electrons. The van der Waals surface area contributed by atoms with E-state index in [4.69, 9.17) is 57.4 Å². The summed E-state index contributed by atoms with van der Waals surface area (Å²) in [6.45, 7) is 13.7. The quantitative estimate of drug-likeness (QED) is 0.0270. The summed E-state index contributed by atoms with van der Waals surface area (Å²) in [6.07, 6.45) is 5.59. The van der Waals surface area contributed by atoms with E-state index in [0.29, 0.717) is 70.7 Å². The van der Waals surface area contributed by atoms with Crippen LogP contribution in [0.15, 0.2) is 66.6 Å². The lowest BCUT2D eigenvalue weighted by Gasteiger charge is -2.35. The predicted octanol–water partition coefficient (Wildman–Crippen LogP) is 7.38. The number of β-amino-alcohol motifs (C(OH)–C–C–N with tert-alkyl or cyclic N) is 1. The normalized spacial score (nSPS) is 16.6. The molecule has 7 rings (SSSR count). The second kappa shape index (κ2) is 30.5. The Kier molecular flexibility index (Phi) is 23.6. The lowest BCUT2D eigenvalue weighted by Crippen LogP contribution is -2.57. The number of aromatic nitrogens is 4. The van der Waals surface area contributed by atoms with Gasteiger partial charge in [-0.3, -0.25) is 23.9 Å². The molecule has 2 aliphatic rings. The molecule has 4 amide bonds. The van der Waals surface area contributed by atoms with Gasteiger partial charge >= 0.3 is 0 Å². The van der Waals surface area contributed by atoms with E-state index in [2.05, 4.69) is 25.7 Å². The van der Waals surface area contributed by atoms with Crippen molar-refractivity contribution in [3.63, 3.8) is 0 Å². The number of nitrogens with one attached hydrogen (secondary N) is 2. The topological polar surface area (TPSA) is 244 Å². The third-order valence-corrected chi connectivity index (χ3v) is 15.6. The average Bonchev–Trinajstić information content (AvgIpc) is 4.24. The lowest BCUT2D eigenvalue weighted by atomic mass is 9.85. The number of carbonyl (C=O) groups is 4. The van der Waals surface area contributed by atoms with Gasteiger partial charge in [0.2, 0.25) is 23.6 Å². The Labute approximate surface area is 486 Å². The Morgan fingerprint density at radius 3 is 2.10 bits per heavy atom. The number of nitrogens with two attached hydrogens (primary N) is 1. The Bertz CT molecular complexity index is 2870. The largest absolute Gasteiger partial charge is 0.482 e. The van der Waals surface area contributed by atoms with Gasteiger partial charge in [-0.05, 0) is 61.4 Å². The number of hydrogen-bond donors (Lipinski definition) is 4. The summed E-state index contributed by atoms with van der Waals surface area (Å²) in [5.74, 6) is -1.30. The van der Waals surface area contributed by atoms with Gasteiger partial charge in [0.15, 0.2) is 11.6 Å². The molecule has 0 unspecified atom stereocenters. The first-order valence-electron chi connectivity index (χ1n) is 27.2. The third-order valence-electron chi connectivity index (χ3n) is 13.9. The van der Waals surface area contributed by atoms with E-state index in [1.165, 1.54) is 17.0 Å². The van der Waals surface area contributed by atoms with Gasteiger partial charge in [0.1, 0.15) is 24.0 Å². The number of piperidine rings is 1. The zero-order valence-electron chi connectivity index (χ0n) is 46.5. The predicted molar refractivity (Wildman–Crippen MR) is 305 cm³/mol. The van der Waals surface area contributed by atoms with E-state index < -0.39 is 41.4 Å². The molecule has 81 heavy (non-hydrogen) atoms. The van der Waals surface area contributed by atoms with Crippen LogP contribution in [0.3, 0.4) is 0 Å². The van der Waals surface area contributed by atoms with Crippen LogP contribution in [0.4, 0.5) is 10.2 Å². The summed E-state index contributed by atoms with van der Waals surface area (Å²) >= 11 is 14.1. The van der Waals surface area contributed by atoms with Gasteiger partial charge in [0.05, 0.1) is 112 Å². The molecule has 24 heteroatoms. The molecule has 5 N–H and O–H groups in total. The summed E-state index contributed by atoms with van der Waals surface area (Å²) in [6, 6.07) is 10.5. The number of aryl methyl sites for hydroxylation is 1. The molecular formula is C57H74Cl2FN9O11S. The Balaban J connectivity index is 0.678. The number of ether oxygens (including phenoxy) is 6. The van der Waals surface area contributed by atoms with Gasteiger partial charge in [-0.2, -0.15) is 5.10 Å². The average molecular weight is 1180 g/mol. The summed E-state index contributed by atoms with van der Waals surface area (Å²) < 4.78 is 50.2. The summed E-state index contributed by atoms with van der Waals surface area (Å²) in [7, 11) is 0. The zero-order valence-corrected chi connectivity index (χ0v) is 48.8. The van der Waals surface area contributed by atoms with E-state index in [0.717, 1.165) is 45.7 Å². The number of hydrogen-bond acceptors (Lipinski definition) is 16. The van der Waals surface area contributed by atoms with Crippen LogP contribution >= 0.6 is 34.5 Å². The molecule has 5 heterocycles. The van der Waals surface area contributed by atoms with Crippen molar-refractivity contribution in [1.82, 2.24) is 40.2 Å². The second-order valence-electron chi connectivity index (χ2n) is 21.0. The molecule has 2 aliphatic heterocycles. The highest BCUT2D eigenvalue weighted by Crippen LogP contribution is 2.38. The van der Waals surface area contributed by atoms with Gasteiger partial charge in [-0.15, -0.1) is 11.3 Å². The van der Waals surface area contributed by atoms with Crippen LogP contribution in [-0.4, -0.2) is 162 Å². The van der Waals surface area contributed by atoms with Crippen LogP contribution < -0.4 is 21.1 Å². The van der Waals surface area contributed by atoms with Crippen molar-refractivity contribution in [1.29, 1.82) is 0 Å². The monoisotopic (exact) mass is 1180 g/mol. The van der Waals surface area contributed by atoms with Gasteiger partial charge in [-0.25, -0.2) is 14.4 Å². The van der Waals surface area contributed by atoms with Crippen LogP contribution in [0.5, 0.6) is 5.75 Å². The summed E-state index contributed by atoms with van der Waals surface area (Å²) in [5, 5.41) is 21.1. The van der Waals surface area contributed by atoms with E-state index >= 15 is 0 Å². The first-order valence-corrected chi connectivity index (χ1v) is 28.8. The van der Waals surface area contributed by atoms with Gasteiger partial charge in [0, 0.05) is 73.1 Å². The Morgan fingerprint density at radius 1 is 0.852 bits per heavy atom. The maximum atomic E-state index is 14.2. The molecule has 0 spiro atoms. The Hall–Kier alpha value is -5.82. The van der Waals surface area contributed by atoms with Crippen LogP contribution in [0.2, 0.25) is 10.0 Å². The number of rotatable bonds is 29. The van der Waals surface area contributed by atoms with Crippen LogP contribution in [0.25, 0.3) is 21.6 Å². The maximum absolute atomic E-state index is 14.2. The van der Waals surface area contributed by atoms with E-state index in [-0.39, 0.29) is 91.8 Å². The van der Waals surface area contributed by atoms with E-state index in [9.17, 15) is 28.7 Å². The van der Waals surface area contributed by atoms with Crippen molar-refractivity contribution in [2.75, 3.05) is 91.4 Å². The number of halogens is 3. The van der Waals surface area contributed by atoms with Gasteiger partial charge < -0.3 is 59.7 Å². The zero-order chi connectivity index (χ0) is 58.1. The highest BCUT2D eigenvalue weighted by molar-refractivity contribution is 7.13. The fourth-order valence-corrected chi connectivity index (χ4v) is 10.9. The highest BCUT2D eigenvalue weighted by Gasteiger charge is 2.44. The molecule has 4 atom stereocenters. The van der Waals surface area contributed by atoms with E-state index in [1.54, 1.807) is 36.7 Å². The smallest absolute Gasteiger partial charge is 0.246 e. The SMILES string of the molecule is Cc1ncsc1-c1ccc(CNC(=O)[C@@H]2C[C@@H](O)CN2C(=O)[C@@H](NC(=O)CCOCCOCCOCCOCCOCCC(=O)N2CCC(n3cc(-c4cnc(N)c(O[C@H](C)c5c(Cl)ccc(F)c5Cl)c4)cn3)CC2)C(C)(C)C)cc1. The molecular weight excluding hydrogens is 1110 g/mol. The Morgan fingerprint density at radius 2 is 1.48 bits per heavy atom. The number of pyridine rings is 1. The first-order chi connectivity index (χ1) is 38.9. The van der Waals surface area contributed by atoms with E-state index in [1.807, 2.05) is 73.2 Å². The first kappa shape index (κ1) is 62.8. The number of amides is 4. The van der Waals surface area contributed by atoms with Crippen molar-refractivity contribution >= 4 is 64.0 Å². The summed E-state index contributed by atoms with van der Waals surface area (Å²) in [4.78, 5) is 66.3. The van der Waals surface area contributed by atoms with Crippen LogP contribution in [0.1, 0.15) is 88.8 Å². The molecule has 0 radical (unpaired) electrons. The minimum Gasteiger partial charge on any atom is -0.482 e. The highest BCUT2D eigenvalue weighted by atomic mass is 35.5. The fourth-order valence-electron chi connectivity index (χ4n) is 9.42. The molecule has 20 nitrogen and oxygen atoms in total. The molecule has 5 aromatic rings. The molecule has 0 aliphatic carbocycles. The summed E-state index contributed by atoms with van der Waals surface area (Å²) in [5.41, 5.74) is 12.0. The molecule has 0 bridgehead atoms. The minimum absolute atomic E-state index is 0.0138. The van der Waals surface area contributed by atoms with Crippen molar-refractivity contribution in [3.8, 4) is 27.3 Å². The molecule has 2 saturated heterocycles. The number of thiazole rings is 1. The standard InChI is InChI=1S/C57H74Cl2FN9O11S/c1-36-52(81-35-64-36)39-8-6-38(7-9-39)30-63-55(73)46-29-43(70)34-68(46)56(74)53(57(3,4)5)66-48(71)14-18-75-20-22-77-24-26-79-27-25-78-23-21-76-19-15-49(72)67-16-12-42(13-17-67)69-33-41(32-65-69)40-28-47(54(61)62-31-40)80-37(2)50-44(58)10-11-45(60)51(50)59/h6-11,28,31-33,35,37,42-43,46,53,70H,12-27,29-30,34H2,1-5H3,(H2,61,62)(H,63,73)(H,66,71)/t37-,43-,46+,53-/m1/s1. The van der Waals surface area contributed by atoms with Crippen molar-refractivity contribution < 1.29 is 57.1 Å². The number of likely N-dealkylation sites (tertiary alicyclic amines) is 2. The lowest BCUT2D eigenvalue weighted by molar-refractivity contribution is -0.144. The number of aliphatic hydroxyl groups is 1. The molecule has 2 fully saturated rings. The number of benzene rings is 2. The van der Waals surface area contributed by atoms with Crippen LogP contribution in [0, 0.1) is 18.2 Å². The molecule has 3 aromatic heterocycles. The molecule has 0 saturated carbocycles. The number of carbonyl (C=O) groups excluding carboxylic acids is 4. The van der Waals surface area contributed by atoms with Crippen LogP contribution in [-0.2, 0) is 49.4 Å². The number of nitrogen functional groups attached to an aromatic ring is 1. The van der Waals surface area contributed by atoms with Gasteiger partial charge in [0.25, 0.3) is 0 Å². The van der Waals surface area contributed by atoms with Crippen molar-refractivity contribution in [2.45, 2.75) is 104 Å². The van der Waals surface area contributed by atoms with Gasteiger partial charge in [-0.1, -0.05) is 68.2 Å². The third kappa shape index (κ3) is 18.1. The fraction of sp³-hybridized carbons (Fsp3) is 0.526. The number of nitrogens with zero attached hydrogens (tertiary/aromatic N) is 6. The van der Waals surface area contributed by atoms with Crippen molar-refractivity contribution in [2.24, 2.45) is 5.41 Å². The minimum atomic E-state index is -0.941. The maximum Gasteiger partial charge on any atom is 0.246 e.